The van der Waals surface area contributed by atoms with Crippen LogP contribution in [0, 0.1) is 5.41 Å². The van der Waals surface area contributed by atoms with Crippen molar-refractivity contribution in [3.8, 4) is 22.4 Å². The van der Waals surface area contributed by atoms with Crippen molar-refractivity contribution in [3.63, 3.8) is 0 Å². The average Bonchev–Trinajstić information content (AvgIpc) is 3.25. The zero-order valence-corrected chi connectivity index (χ0v) is 19.4. The molecule has 0 aliphatic carbocycles. The first-order chi connectivity index (χ1) is 18.1. The Bertz CT molecular complexity index is 1850. The molecule has 0 fully saturated rings. The topological polar surface area (TPSA) is 26.0 Å². The fourth-order valence-electron chi connectivity index (χ4n) is 4.46. The van der Waals surface area contributed by atoms with E-state index in [1.807, 2.05) is 93.6 Å². The first-order valence-corrected chi connectivity index (χ1v) is 11.5. The molecule has 0 aliphatic rings. The highest BCUT2D eigenvalue weighted by Crippen LogP contribution is 2.38. The second-order valence-corrected chi connectivity index (χ2v) is 9.67. The number of hydrogen-bond acceptors (Lipinski definition) is 2. The third kappa shape index (κ3) is 3.66. The highest BCUT2D eigenvalue weighted by atomic mass is 16.3. The van der Waals surface area contributed by atoms with Gasteiger partial charge < -0.3 is 4.42 Å². The van der Waals surface area contributed by atoms with E-state index in [4.69, 9.17) is 8.53 Å². The van der Waals surface area contributed by atoms with Crippen molar-refractivity contribution in [2.45, 2.75) is 27.1 Å². The quantitative estimate of drug-likeness (QED) is 0.271. The zero-order chi connectivity index (χ0) is 26.8. The summed E-state index contributed by atoms with van der Waals surface area (Å²) in [7, 11) is 0. The van der Waals surface area contributed by atoms with E-state index >= 15 is 0 Å². The molecule has 166 valence electrons. The number of furan rings is 1. The van der Waals surface area contributed by atoms with Gasteiger partial charge in [-0.05, 0) is 57.9 Å². The van der Waals surface area contributed by atoms with Crippen molar-refractivity contribution in [2.75, 3.05) is 0 Å². The van der Waals surface area contributed by atoms with E-state index in [9.17, 15) is 1.37 Å². The van der Waals surface area contributed by atoms with E-state index in [0.29, 0.717) is 22.3 Å². The molecule has 34 heavy (non-hydrogen) atoms. The first kappa shape index (κ1) is 16.7. The van der Waals surface area contributed by atoms with E-state index in [1.165, 1.54) is 0 Å². The van der Waals surface area contributed by atoms with Gasteiger partial charge in [-0.25, -0.2) is 0 Å². The van der Waals surface area contributed by atoms with Crippen molar-refractivity contribution < 1.29 is 9.90 Å². The number of hydrogen-bond donors (Lipinski definition) is 0. The molecule has 0 unspecified atom stereocenters. The summed E-state index contributed by atoms with van der Waals surface area (Å²) in [4.78, 5) is 4.60. The van der Waals surface area contributed by atoms with Gasteiger partial charge in [0.05, 0.1) is 8.44 Å². The third-order valence-corrected chi connectivity index (χ3v) is 5.96. The standard InChI is InChI=1S/C32H27NO/c1-32(2,3)19-24-17-29(33-20-28(24)21-10-5-4-6-11-21)26-15-9-14-25-27-16-22-12-7-8-13-23(22)18-30(27)34-31(25)26/h4-18,20H,19H2,1-3H3/i17D,19D2,20D. The summed E-state index contributed by atoms with van der Waals surface area (Å²) < 4.78 is 42.9. The normalized spacial score (nSPS) is 14.2. The SMILES string of the molecule is [2H]c1nc(-c2cccc3c2oc2cc4ccccc4cc23)c([2H])c(C([2H])([2H])C(C)(C)C)c1-c1ccccc1. The van der Waals surface area contributed by atoms with Crippen LogP contribution in [-0.2, 0) is 6.37 Å². The fraction of sp³-hybridized carbons (Fsp3) is 0.156. The summed E-state index contributed by atoms with van der Waals surface area (Å²) >= 11 is 0. The van der Waals surface area contributed by atoms with Gasteiger partial charge in [-0.1, -0.05) is 87.5 Å². The van der Waals surface area contributed by atoms with Crippen LogP contribution in [0.5, 0.6) is 0 Å². The van der Waals surface area contributed by atoms with Crippen LogP contribution in [0.4, 0.5) is 0 Å². The maximum Gasteiger partial charge on any atom is 0.144 e. The van der Waals surface area contributed by atoms with Crippen molar-refractivity contribution in [3.05, 3.63) is 103 Å². The molecule has 2 heteroatoms. The lowest BCUT2D eigenvalue weighted by molar-refractivity contribution is 0.411. The smallest absolute Gasteiger partial charge is 0.144 e. The highest BCUT2D eigenvalue weighted by Gasteiger charge is 2.19. The number of para-hydroxylation sites is 1. The molecule has 2 heterocycles. The monoisotopic (exact) mass is 445 g/mol. The largest absolute Gasteiger partial charge is 0.455 e. The van der Waals surface area contributed by atoms with Crippen molar-refractivity contribution in [2.24, 2.45) is 5.41 Å². The van der Waals surface area contributed by atoms with E-state index in [2.05, 4.69) is 17.1 Å². The lowest BCUT2D eigenvalue weighted by atomic mass is 9.85. The van der Waals surface area contributed by atoms with Crippen LogP contribution in [0.15, 0.2) is 102 Å². The molecule has 0 N–H and O–H groups in total. The number of fused-ring (bicyclic) bond motifs is 4. The number of rotatable bonds is 3. The van der Waals surface area contributed by atoms with E-state index in [-0.39, 0.29) is 23.5 Å². The second-order valence-electron chi connectivity index (χ2n) is 9.67. The molecule has 2 nitrogen and oxygen atoms in total. The molecule has 0 radical (unpaired) electrons. The minimum atomic E-state index is -1.91. The maximum atomic E-state index is 9.31. The molecule has 0 spiro atoms. The molecule has 0 bridgehead atoms. The van der Waals surface area contributed by atoms with Crippen molar-refractivity contribution in [1.29, 1.82) is 0 Å². The third-order valence-electron chi connectivity index (χ3n) is 5.96. The number of pyridine rings is 1. The molecule has 4 aromatic carbocycles. The van der Waals surface area contributed by atoms with E-state index in [1.54, 1.807) is 0 Å². The van der Waals surface area contributed by atoms with Crippen LogP contribution < -0.4 is 0 Å². The first-order valence-electron chi connectivity index (χ1n) is 13.5. The van der Waals surface area contributed by atoms with Crippen molar-refractivity contribution >= 4 is 32.7 Å². The summed E-state index contributed by atoms with van der Waals surface area (Å²) in [5.74, 6) is 0. The van der Waals surface area contributed by atoms with Gasteiger partial charge in [0.1, 0.15) is 11.2 Å². The minimum absolute atomic E-state index is 0.0297. The Hall–Kier alpha value is -3.91. The van der Waals surface area contributed by atoms with Gasteiger partial charge >= 0.3 is 0 Å². The van der Waals surface area contributed by atoms with Crippen LogP contribution in [0.25, 0.3) is 55.1 Å². The Kier molecular flexibility index (Phi) is 3.85. The molecule has 0 saturated carbocycles. The lowest BCUT2D eigenvalue weighted by Crippen LogP contribution is -2.10. The predicted octanol–water partition coefficient (Wildman–Crippen LogP) is 9.06. The molecule has 0 atom stereocenters. The summed E-state index contributed by atoms with van der Waals surface area (Å²) in [6.07, 6.45) is -1.98. The van der Waals surface area contributed by atoms with Gasteiger partial charge in [-0.2, -0.15) is 0 Å². The Labute approximate surface area is 205 Å². The number of aromatic nitrogens is 1. The molecule has 2 aromatic heterocycles. The molecule has 0 saturated heterocycles. The van der Waals surface area contributed by atoms with Crippen LogP contribution in [0.1, 0.15) is 31.8 Å². The van der Waals surface area contributed by atoms with Gasteiger partial charge in [0, 0.05) is 30.8 Å². The minimum Gasteiger partial charge on any atom is -0.455 e. The molecule has 6 rings (SSSR count). The van der Waals surface area contributed by atoms with Crippen LogP contribution in [0.2, 0.25) is 0 Å². The molecular formula is C32H27NO. The maximum absolute atomic E-state index is 9.31. The fourth-order valence-corrected chi connectivity index (χ4v) is 4.46. The van der Waals surface area contributed by atoms with E-state index in [0.717, 1.165) is 27.1 Å². The molecular weight excluding hydrogens is 414 g/mol. The summed E-state index contributed by atoms with van der Waals surface area (Å²) in [5.41, 5.74) is 2.49. The highest BCUT2D eigenvalue weighted by molar-refractivity contribution is 6.13. The summed E-state index contributed by atoms with van der Waals surface area (Å²) in [6.45, 7) is 5.45. The number of benzene rings is 4. The Balaban J connectivity index is 1.69. The van der Waals surface area contributed by atoms with Gasteiger partial charge in [-0.3, -0.25) is 4.98 Å². The predicted molar refractivity (Wildman–Crippen MR) is 143 cm³/mol. The number of nitrogens with zero attached hydrogens (tertiary/aromatic N) is 1. The van der Waals surface area contributed by atoms with Gasteiger partial charge in [0.2, 0.25) is 0 Å². The molecule has 0 amide bonds. The average molecular weight is 446 g/mol. The van der Waals surface area contributed by atoms with Crippen LogP contribution >= 0.6 is 0 Å². The molecule has 0 aliphatic heterocycles. The van der Waals surface area contributed by atoms with Crippen molar-refractivity contribution in [1.82, 2.24) is 4.98 Å². The second kappa shape index (κ2) is 7.85. The Morgan fingerprint density at radius 2 is 1.56 bits per heavy atom. The lowest BCUT2D eigenvalue weighted by Gasteiger charge is -2.21. The van der Waals surface area contributed by atoms with Gasteiger partial charge in [0.15, 0.2) is 0 Å². The molecule has 6 aromatic rings. The van der Waals surface area contributed by atoms with Gasteiger partial charge in [-0.15, -0.1) is 0 Å². The van der Waals surface area contributed by atoms with Gasteiger partial charge in [0.25, 0.3) is 0 Å². The summed E-state index contributed by atoms with van der Waals surface area (Å²) in [6, 6.07) is 27.2. The van der Waals surface area contributed by atoms with E-state index < -0.39 is 11.8 Å². The van der Waals surface area contributed by atoms with Crippen LogP contribution in [-0.4, -0.2) is 4.98 Å². The zero-order valence-electron chi connectivity index (χ0n) is 23.4. The van der Waals surface area contributed by atoms with Crippen LogP contribution in [0.3, 0.4) is 0 Å². The Morgan fingerprint density at radius 3 is 2.32 bits per heavy atom. The summed E-state index contributed by atoms with van der Waals surface area (Å²) in [5, 5.41) is 4.03. The Morgan fingerprint density at radius 1 is 0.824 bits per heavy atom.